The van der Waals surface area contributed by atoms with Crippen molar-refractivity contribution in [1.29, 1.82) is 0 Å². The average Bonchev–Trinajstić information content (AvgIpc) is 2.91. The Labute approximate surface area is 238 Å². The van der Waals surface area contributed by atoms with Crippen LogP contribution in [0.1, 0.15) is 47.1 Å². The number of benzene rings is 2. The van der Waals surface area contributed by atoms with Crippen molar-refractivity contribution in [2.45, 2.75) is 26.8 Å². The van der Waals surface area contributed by atoms with Gasteiger partial charge in [0.25, 0.3) is 5.91 Å². The minimum atomic E-state index is -1.61. The van der Waals surface area contributed by atoms with Crippen LogP contribution in [0.15, 0.2) is 69.5 Å². The molecular weight excluding hydrogens is 552 g/mol. The van der Waals surface area contributed by atoms with Gasteiger partial charge in [-0.3, -0.25) is 19.1 Å². The van der Waals surface area contributed by atoms with E-state index in [1.807, 2.05) is 26.0 Å². The molecule has 2 heterocycles. The third-order valence-electron chi connectivity index (χ3n) is 6.16. The van der Waals surface area contributed by atoms with E-state index in [0.29, 0.717) is 28.7 Å². The highest BCUT2D eigenvalue weighted by atomic mass is 35.5. The molecule has 0 aliphatic heterocycles. The number of fused-ring (bicyclic) bond motifs is 1. The highest BCUT2D eigenvalue weighted by molar-refractivity contribution is 7.82. The minimum absolute atomic E-state index is 0.0422. The van der Waals surface area contributed by atoms with Gasteiger partial charge in [-0.25, -0.2) is 9.19 Å². The molecule has 40 heavy (non-hydrogen) atoms. The Bertz CT molecular complexity index is 1750. The summed E-state index contributed by atoms with van der Waals surface area (Å²) in [6.45, 7) is 5.22. The standard InChI is InChI=1S/C29H27ClN4O5S/c1-15-12-19(17(3)32-22-10-11-23(30)33-25(22)29(37)34-40(4)38)28-20(13-15)26(36)24(21(14-35)16(2)31)27(39-28)18-8-6-5-7-9-18/h5-14,17,32H,31H2,1-4H3,(H,34,37)/b21-16+. The molecule has 206 valence electrons. The van der Waals surface area contributed by atoms with E-state index in [-0.39, 0.29) is 38.8 Å². The number of carbonyl (C=O) groups excluding carboxylic acids is 2. The number of pyridine rings is 1. The number of hydrogen-bond donors (Lipinski definition) is 3. The third-order valence-corrected chi connectivity index (χ3v) is 6.85. The summed E-state index contributed by atoms with van der Waals surface area (Å²) in [7, 11) is -1.61. The predicted molar refractivity (Wildman–Crippen MR) is 158 cm³/mol. The molecule has 0 saturated heterocycles. The SMILES string of the molecule is C/C(N)=C(/C=O)c1c(-c2ccccc2)oc2c(C(C)Nc3ccc(Cl)nc3C(=O)NS(C)=O)cc(C)cc2c1=O. The number of carbonyl (C=O) groups is 2. The highest BCUT2D eigenvalue weighted by Crippen LogP contribution is 2.35. The van der Waals surface area contributed by atoms with Crippen molar-refractivity contribution in [1.82, 2.24) is 9.71 Å². The first kappa shape index (κ1) is 28.7. The lowest BCUT2D eigenvalue weighted by molar-refractivity contribution is -0.103. The second-order valence-corrected chi connectivity index (χ2v) is 10.7. The van der Waals surface area contributed by atoms with E-state index in [4.69, 9.17) is 21.8 Å². The van der Waals surface area contributed by atoms with E-state index in [1.54, 1.807) is 43.3 Å². The molecule has 0 aliphatic carbocycles. The summed E-state index contributed by atoms with van der Waals surface area (Å²) < 4.78 is 20.3. The van der Waals surface area contributed by atoms with Gasteiger partial charge >= 0.3 is 0 Å². The predicted octanol–water partition coefficient (Wildman–Crippen LogP) is 4.90. The maximum atomic E-state index is 14.0. The van der Waals surface area contributed by atoms with Gasteiger partial charge in [-0.1, -0.05) is 48.0 Å². The molecule has 2 unspecified atom stereocenters. The molecule has 4 aromatic rings. The van der Waals surface area contributed by atoms with Gasteiger partial charge in [0, 0.05) is 28.7 Å². The molecule has 4 rings (SSSR count). The Morgan fingerprint density at radius 2 is 1.88 bits per heavy atom. The van der Waals surface area contributed by atoms with Crippen molar-refractivity contribution in [3.05, 3.63) is 98.1 Å². The van der Waals surface area contributed by atoms with Crippen LogP contribution in [0, 0.1) is 6.92 Å². The second-order valence-electron chi connectivity index (χ2n) is 9.23. The molecule has 0 fully saturated rings. The zero-order chi connectivity index (χ0) is 29.1. The van der Waals surface area contributed by atoms with Crippen LogP contribution in [0.3, 0.4) is 0 Å². The molecule has 2 aromatic carbocycles. The number of aldehydes is 1. The lowest BCUT2D eigenvalue weighted by Gasteiger charge is -2.20. The summed E-state index contributed by atoms with van der Waals surface area (Å²) in [5.41, 5.74) is 8.52. The van der Waals surface area contributed by atoms with Gasteiger partial charge in [-0.05, 0) is 44.5 Å². The average molecular weight is 579 g/mol. The van der Waals surface area contributed by atoms with E-state index in [9.17, 15) is 18.6 Å². The Balaban J connectivity index is 1.95. The van der Waals surface area contributed by atoms with Crippen LogP contribution in [-0.2, 0) is 15.8 Å². The number of halogens is 1. The van der Waals surface area contributed by atoms with Crippen molar-refractivity contribution in [2.75, 3.05) is 11.6 Å². The Morgan fingerprint density at radius 1 is 1.18 bits per heavy atom. The lowest BCUT2D eigenvalue weighted by atomic mass is 9.95. The molecular formula is C29H27ClN4O5S. The summed E-state index contributed by atoms with van der Waals surface area (Å²) >= 11 is 6.04. The molecule has 0 radical (unpaired) electrons. The second kappa shape index (κ2) is 11.8. The van der Waals surface area contributed by atoms with Gasteiger partial charge in [0.2, 0.25) is 5.43 Å². The van der Waals surface area contributed by atoms with Crippen molar-refractivity contribution in [3.8, 4) is 11.3 Å². The number of aromatic nitrogens is 1. The summed E-state index contributed by atoms with van der Waals surface area (Å²) in [6.07, 6.45) is 1.89. The molecule has 2 aromatic heterocycles. The number of hydrogen-bond acceptors (Lipinski definition) is 8. The summed E-state index contributed by atoms with van der Waals surface area (Å²) in [5.74, 6) is -0.457. The van der Waals surface area contributed by atoms with Crippen LogP contribution in [-0.4, -0.2) is 27.6 Å². The van der Waals surface area contributed by atoms with Crippen molar-refractivity contribution < 1.29 is 18.2 Å². The summed E-state index contributed by atoms with van der Waals surface area (Å²) in [4.78, 5) is 42.8. The van der Waals surface area contributed by atoms with Crippen LogP contribution >= 0.6 is 11.6 Å². The maximum Gasteiger partial charge on any atom is 0.283 e. The number of rotatable bonds is 8. The molecule has 0 spiro atoms. The lowest BCUT2D eigenvalue weighted by Crippen LogP contribution is -2.27. The van der Waals surface area contributed by atoms with Crippen molar-refractivity contribution >= 4 is 57.0 Å². The smallest absolute Gasteiger partial charge is 0.283 e. The van der Waals surface area contributed by atoms with Gasteiger partial charge in [-0.2, -0.15) is 0 Å². The summed E-state index contributed by atoms with van der Waals surface area (Å²) in [6, 6.07) is 15.2. The van der Waals surface area contributed by atoms with E-state index in [0.717, 1.165) is 5.56 Å². The maximum absolute atomic E-state index is 14.0. The van der Waals surface area contributed by atoms with Crippen molar-refractivity contribution in [3.63, 3.8) is 0 Å². The molecule has 0 aliphatic rings. The Morgan fingerprint density at radius 3 is 2.50 bits per heavy atom. The van der Waals surface area contributed by atoms with Gasteiger partial charge in [0.15, 0.2) is 12.0 Å². The van der Waals surface area contributed by atoms with Crippen LogP contribution in [0.25, 0.3) is 27.9 Å². The number of nitrogens with zero attached hydrogens (tertiary/aromatic N) is 1. The molecule has 0 saturated carbocycles. The van der Waals surface area contributed by atoms with Gasteiger partial charge in [-0.15, -0.1) is 0 Å². The van der Waals surface area contributed by atoms with Crippen LogP contribution in [0.5, 0.6) is 0 Å². The molecule has 0 bridgehead atoms. The molecule has 2 atom stereocenters. The zero-order valence-corrected chi connectivity index (χ0v) is 23.8. The first-order valence-corrected chi connectivity index (χ1v) is 14.1. The first-order valence-electron chi connectivity index (χ1n) is 12.2. The van der Waals surface area contributed by atoms with E-state index in [2.05, 4.69) is 15.0 Å². The minimum Gasteiger partial charge on any atom is -0.455 e. The number of allylic oxidation sites excluding steroid dienone is 2. The van der Waals surface area contributed by atoms with Crippen LogP contribution in [0.4, 0.5) is 5.69 Å². The number of aryl methyl sites for hydroxylation is 1. The van der Waals surface area contributed by atoms with E-state index in [1.165, 1.54) is 12.3 Å². The van der Waals surface area contributed by atoms with E-state index >= 15 is 0 Å². The van der Waals surface area contributed by atoms with Gasteiger partial charge in [0.1, 0.15) is 27.5 Å². The molecule has 1 amide bonds. The third kappa shape index (κ3) is 5.83. The van der Waals surface area contributed by atoms with Crippen LogP contribution in [0.2, 0.25) is 5.15 Å². The van der Waals surface area contributed by atoms with Crippen molar-refractivity contribution in [2.24, 2.45) is 5.73 Å². The number of anilines is 1. The zero-order valence-electron chi connectivity index (χ0n) is 22.2. The molecule has 4 N–H and O–H groups in total. The Kier molecular flexibility index (Phi) is 8.51. The number of nitrogens with one attached hydrogen (secondary N) is 2. The normalized spacial score (nSPS) is 13.3. The molecule has 11 heteroatoms. The van der Waals surface area contributed by atoms with E-state index < -0.39 is 28.4 Å². The number of nitrogens with two attached hydrogens (primary N) is 1. The number of amides is 1. The first-order chi connectivity index (χ1) is 19.0. The topological polar surface area (TPSA) is 144 Å². The monoisotopic (exact) mass is 578 g/mol. The largest absolute Gasteiger partial charge is 0.455 e. The van der Waals surface area contributed by atoms with Gasteiger partial charge in [0.05, 0.1) is 22.7 Å². The molecule has 9 nitrogen and oxygen atoms in total. The fraction of sp³-hybridized carbons (Fsp3) is 0.172. The van der Waals surface area contributed by atoms with Crippen LogP contribution < -0.4 is 21.2 Å². The fourth-order valence-electron chi connectivity index (χ4n) is 4.40. The van der Waals surface area contributed by atoms with Gasteiger partial charge < -0.3 is 15.5 Å². The quantitative estimate of drug-likeness (QED) is 0.152. The Hall–Kier alpha value is -4.28. The fourth-order valence-corrected chi connectivity index (χ4v) is 4.90. The summed E-state index contributed by atoms with van der Waals surface area (Å²) in [5, 5.41) is 3.60. The highest BCUT2D eigenvalue weighted by Gasteiger charge is 2.24.